The number of aromatic nitrogens is 2. The molecule has 1 aliphatic heterocycles. The van der Waals surface area contributed by atoms with Gasteiger partial charge in [0.15, 0.2) is 11.5 Å². The van der Waals surface area contributed by atoms with Gasteiger partial charge in [0.1, 0.15) is 5.82 Å². The molecule has 2 N–H and O–H groups in total. The van der Waals surface area contributed by atoms with Gasteiger partial charge in [-0.15, -0.1) is 0 Å². The van der Waals surface area contributed by atoms with Crippen LogP contribution >= 0.6 is 0 Å². The van der Waals surface area contributed by atoms with E-state index in [1.165, 1.54) is 13.2 Å². The van der Waals surface area contributed by atoms with E-state index in [4.69, 9.17) is 14.2 Å². The highest BCUT2D eigenvalue weighted by Gasteiger charge is 2.30. The van der Waals surface area contributed by atoms with Crippen molar-refractivity contribution in [1.82, 2.24) is 14.9 Å². The predicted octanol–water partition coefficient (Wildman–Crippen LogP) is 4.02. The van der Waals surface area contributed by atoms with Crippen molar-refractivity contribution in [3.05, 3.63) is 47.5 Å². The van der Waals surface area contributed by atoms with Crippen LogP contribution in [0.25, 0.3) is 10.9 Å². The van der Waals surface area contributed by atoms with E-state index >= 15 is 0 Å². The summed E-state index contributed by atoms with van der Waals surface area (Å²) in [6, 6.07) is 8.71. The van der Waals surface area contributed by atoms with Crippen molar-refractivity contribution in [3.8, 4) is 11.5 Å². The van der Waals surface area contributed by atoms with Crippen molar-refractivity contribution in [2.45, 2.75) is 12.7 Å². The van der Waals surface area contributed by atoms with E-state index in [0.29, 0.717) is 46.3 Å². The maximum absolute atomic E-state index is 13.1. The molecule has 0 aliphatic carbocycles. The van der Waals surface area contributed by atoms with Gasteiger partial charge in [-0.25, -0.2) is 4.98 Å². The Morgan fingerprint density at radius 3 is 2.46 bits per heavy atom. The van der Waals surface area contributed by atoms with Gasteiger partial charge in [0.2, 0.25) is 5.95 Å². The average Bonchev–Trinajstić information content (AvgIpc) is 2.86. The molecule has 4 rings (SSSR count). The average molecular weight is 492 g/mol. The minimum Gasteiger partial charge on any atom is -0.493 e. The summed E-state index contributed by atoms with van der Waals surface area (Å²) in [5.74, 6) is 1.90. The summed E-state index contributed by atoms with van der Waals surface area (Å²) in [6.07, 6.45) is -4.40. The molecule has 1 fully saturated rings. The molecule has 0 spiro atoms. The fourth-order valence-corrected chi connectivity index (χ4v) is 3.86. The first-order chi connectivity index (χ1) is 16.9. The summed E-state index contributed by atoms with van der Waals surface area (Å²) in [5.41, 5.74) is 0.396. The molecule has 35 heavy (non-hydrogen) atoms. The Labute approximate surface area is 201 Å². The highest BCUT2D eigenvalue weighted by atomic mass is 19.4. The van der Waals surface area contributed by atoms with Gasteiger partial charge in [-0.2, -0.15) is 18.2 Å². The molecule has 0 radical (unpaired) electrons. The van der Waals surface area contributed by atoms with Crippen LogP contribution in [-0.2, 0) is 17.5 Å². The molecule has 0 saturated carbocycles. The summed E-state index contributed by atoms with van der Waals surface area (Å²) in [5, 5.41) is 7.08. The number of alkyl halides is 3. The third-order valence-electron chi connectivity index (χ3n) is 5.73. The lowest BCUT2D eigenvalue weighted by Crippen LogP contribution is -2.39. The van der Waals surface area contributed by atoms with Gasteiger partial charge >= 0.3 is 6.18 Å². The number of nitrogens with zero attached hydrogens (tertiary/aromatic N) is 3. The molecular formula is C24H28F3N5O3. The number of halogens is 3. The zero-order chi connectivity index (χ0) is 24.8. The maximum atomic E-state index is 13.1. The molecular weight excluding hydrogens is 463 g/mol. The van der Waals surface area contributed by atoms with Gasteiger partial charge < -0.3 is 24.8 Å². The van der Waals surface area contributed by atoms with Crippen molar-refractivity contribution < 1.29 is 27.4 Å². The standard InChI is InChI=1S/C24H28F3N5O3/c1-33-20-13-18-19(14-21(20)34-2)30-23(28-6-7-32-8-10-35-11-9-32)31-22(18)29-15-16-4-3-5-17(12-16)24(25,26)27/h3-5,12-14H,6-11,15H2,1-2H3,(H2,28,29,30,31). The molecule has 1 saturated heterocycles. The van der Waals surface area contributed by atoms with Crippen LogP contribution in [0.1, 0.15) is 11.1 Å². The Hall–Kier alpha value is -3.31. The second kappa shape index (κ2) is 11.0. The number of fused-ring (bicyclic) bond motifs is 1. The molecule has 0 bridgehead atoms. The van der Waals surface area contributed by atoms with Crippen molar-refractivity contribution >= 4 is 22.7 Å². The molecule has 0 atom stereocenters. The second-order valence-corrected chi connectivity index (χ2v) is 8.05. The summed E-state index contributed by atoms with van der Waals surface area (Å²) in [6.45, 7) is 4.78. The van der Waals surface area contributed by atoms with Crippen LogP contribution < -0.4 is 20.1 Å². The first-order valence-corrected chi connectivity index (χ1v) is 11.2. The molecule has 188 valence electrons. The van der Waals surface area contributed by atoms with Crippen LogP contribution in [0.3, 0.4) is 0 Å². The number of benzene rings is 2. The number of anilines is 2. The Bertz CT molecular complexity index is 1150. The molecule has 11 heteroatoms. The van der Waals surface area contributed by atoms with Crippen LogP contribution in [0, 0.1) is 0 Å². The summed E-state index contributed by atoms with van der Waals surface area (Å²) in [4.78, 5) is 11.5. The van der Waals surface area contributed by atoms with E-state index < -0.39 is 11.7 Å². The van der Waals surface area contributed by atoms with Gasteiger partial charge in [0.25, 0.3) is 0 Å². The van der Waals surface area contributed by atoms with Gasteiger partial charge in [-0.1, -0.05) is 12.1 Å². The van der Waals surface area contributed by atoms with Gasteiger partial charge in [0, 0.05) is 44.2 Å². The summed E-state index contributed by atoms with van der Waals surface area (Å²) in [7, 11) is 3.07. The lowest BCUT2D eigenvalue weighted by molar-refractivity contribution is -0.137. The molecule has 3 aromatic rings. The number of morpholine rings is 1. The van der Waals surface area contributed by atoms with Gasteiger partial charge in [-0.3, -0.25) is 4.90 Å². The van der Waals surface area contributed by atoms with Crippen LogP contribution in [-0.4, -0.2) is 68.5 Å². The molecule has 1 aliphatic rings. The third kappa shape index (κ3) is 6.23. The fraction of sp³-hybridized carbons (Fsp3) is 0.417. The van der Waals surface area contributed by atoms with Crippen molar-refractivity contribution in [3.63, 3.8) is 0 Å². The minimum absolute atomic E-state index is 0.150. The number of hydrogen-bond acceptors (Lipinski definition) is 8. The van der Waals surface area contributed by atoms with Gasteiger partial charge in [0.05, 0.1) is 38.5 Å². The molecule has 8 nitrogen and oxygen atoms in total. The number of nitrogens with one attached hydrogen (secondary N) is 2. The van der Waals surface area contributed by atoms with E-state index in [9.17, 15) is 13.2 Å². The Morgan fingerprint density at radius 1 is 1.00 bits per heavy atom. The quantitative estimate of drug-likeness (QED) is 0.465. The zero-order valence-electron chi connectivity index (χ0n) is 19.6. The SMILES string of the molecule is COc1cc2nc(NCCN3CCOCC3)nc(NCc3cccc(C(F)(F)F)c3)c2cc1OC. The molecule has 2 aromatic carbocycles. The Balaban J connectivity index is 1.59. The highest BCUT2D eigenvalue weighted by molar-refractivity contribution is 5.92. The highest BCUT2D eigenvalue weighted by Crippen LogP contribution is 2.35. The van der Waals surface area contributed by atoms with E-state index in [2.05, 4.69) is 25.5 Å². The van der Waals surface area contributed by atoms with E-state index in [1.54, 1.807) is 25.3 Å². The van der Waals surface area contributed by atoms with E-state index in [1.807, 2.05) is 0 Å². The normalized spacial score (nSPS) is 14.7. The Kier molecular flexibility index (Phi) is 7.76. The molecule has 0 amide bonds. The monoisotopic (exact) mass is 491 g/mol. The summed E-state index contributed by atoms with van der Waals surface area (Å²) >= 11 is 0. The third-order valence-corrected chi connectivity index (χ3v) is 5.73. The second-order valence-electron chi connectivity index (χ2n) is 8.05. The first-order valence-electron chi connectivity index (χ1n) is 11.2. The van der Waals surface area contributed by atoms with Crippen LogP contribution in [0.15, 0.2) is 36.4 Å². The van der Waals surface area contributed by atoms with Crippen LogP contribution in [0.5, 0.6) is 11.5 Å². The smallest absolute Gasteiger partial charge is 0.416 e. The Morgan fingerprint density at radius 2 is 1.74 bits per heavy atom. The number of rotatable bonds is 9. The number of ether oxygens (including phenoxy) is 3. The number of hydrogen-bond donors (Lipinski definition) is 2. The largest absolute Gasteiger partial charge is 0.493 e. The van der Waals surface area contributed by atoms with Crippen molar-refractivity contribution in [2.75, 3.05) is 64.2 Å². The molecule has 2 heterocycles. The van der Waals surface area contributed by atoms with Crippen LogP contribution in [0.2, 0.25) is 0 Å². The van der Waals surface area contributed by atoms with E-state index in [-0.39, 0.29) is 6.54 Å². The zero-order valence-corrected chi connectivity index (χ0v) is 19.6. The lowest BCUT2D eigenvalue weighted by Gasteiger charge is -2.26. The van der Waals surface area contributed by atoms with Crippen molar-refractivity contribution in [2.24, 2.45) is 0 Å². The van der Waals surface area contributed by atoms with Gasteiger partial charge in [-0.05, 0) is 23.8 Å². The van der Waals surface area contributed by atoms with E-state index in [0.717, 1.165) is 45.0 Å². The number of methoxy groups -OCH3 is 2. The lowest BCUT2D eigenvalue weighted by atomic mass is 10.1. The predicted molar refractivity (Wildman–Crippen MR) is 127 cm³/mol. The molecule has 0 unspecified atom stereocenters. The summed E-state index contributed by atoms with van der Waals surface area (Å²) < 4.78 is 55.5. The maximum Gasteiger partial charge on any atom is 0.416 e. The fourth-order valence-electron chi connectivity index (χ4n) is 3.86. The molecule has 1 aromatic heterocycles. The van der Waals surface area contributed by atoms with Crippen molar-refractivity contribution in [1.29, 1.82) is 0 Å². The minimum atomic E-state index is -4.40. The first kappa shape index (κ1) is 24.8. The van der Waals surface area contributed by atoms with Crippen LogP contribution in [0.4, 0.5) is 24.9 Å². The topological polar surface area (TPSA) is 80.8 Å².